The molecule has 0 fully saturated rings. The van der Waals surface area contributed by atoms with Gasteiger partial charge in [-0.3, -0.25) is 20.4 Å². The van der Waals surface area contributed by atoms with Crippen LogP contribution in [0, 0.1) is 0 Å². The number of hydrazine groups is 1. The fraction of sp³-hybridized carbons (Fsp3) is 0.143. The molecule has 1 aromatic heterocycles. The van der Waals surface area contributed by atoms with Crippen LogP contribution < -0.4 is 26.1 Å². The molecule has 3 rings (SSSR count). The summed E-state index contributed by atoms with van der Waals surface area (Å²) in [5.41, 5.74) is 10.3. The van der Waals surface area contributed by atoms with E-state index in [1.54, 1.807) is 12.1 Å². The maximum atomic E-state index is 12.1. The first-order valence-electron chi connectivity index (χ1n) is 6.72. The van der Waals surface area contributed by atoms with Crippen molar-refractivity contribution in [3.05, 3.63) is 41.9 Å². The molecule has 9 nitrogen and oxygen atoms in total. The van der Waals surface area contributed by atoms with Crippen LogP contribution in [-0.2, 0) is 0 Å². The van der Waals surface area contributed by atoms with Crippen LogP contribution in [0.3, 0.4) is 0 Å². The Bertz CT molecular complexity index is 765. The molecule has 118 valence electrons. The maximum absolute atomic E-state index is 12.1. The zero-order chi connectivity index (χ0) is 16.2. The lowest BCUT2D eigenvalue weighted by Crippen LogP contribution is -2.42. The van der Waals surface area contributed by atoms with Crippen molar-refractivity contribution in [2.24, 2.45) is 0 Å². The number of nitrogens with zero attached hydrogens (tertiary/aromatic N) is 2. The van der Waals surface area contributed by atoms with E-state index in [0.29, 0.717) is 30.3 Å². The number of aromatic nitrogens is 2. The molecule has 0 radical (unpaired) electrons. The van der Waals surface area contributed by atoms with Gasteiger partial charge in [-0.1, -0.05) is 0 Å². The lowest BCUT2D eigenvalue weighted by atomic mass is 10.2. The summed E-state index contributed by atoms with van der Waals surface area (Å²) in [6.45, 7) is 0.884. The molecule has 1 aliphatic heterocycles. The van der Waals surface area contributed by atoms with Gasteiger partial charge in [-0.05, 0) is 18.2 Å². The van der Waals surface area contributed by atoms with Crippen molar-refractivity contribution in [2.45, 2.75) is 0 Å². The van der Waals surface area contributed by atoms with Gasteiger partial charge in [0.2, 0.25) is 0 Å². The van der Waals surface area contributed by atoms with Crippen LogP contribution in [-0.4, -0.2) is 35.0 Å². The first-order chi connectivity index (χ1) is 11.1. The quantitative estimate of drug-likeness (QED) is 0.660. The van der Waals surface area contributed by atoms with Gasteiger partial charge in [0.1, 0.15) is 13.2 Å². The molecule has 0 unspecified atom stereocenters. The van der Waals surface area contributed by atoms with Gasteiger partial charge in [0, 0.05) is 18.0 Å². The van der Waals surface area contributed by atoms with Crippen LogP contribution in [0.15, 0.2) is 30.6 Å². The summed E-state index contributed by atoms with van der Waals surface area (Å²) in [7, 11) is 0. The van der Waals surface area contributed by atoms with E-state index in [2.05, 4.69) is 20.8 Å². The van der Waals surface area contributed by atoms with E-state index >= 15 is 0 Å². The van der Waals surface area contributed by atoms with Crippen molar-refractivity contribution in [3.63, 3.8) is 0 Å². The van der Waals surface area contributed by atoms with Crippen LogP contribution in [0.25, 0.3) is 0 Å². The molecular weight excluding hydrogens is 302 g/mol. The Labute approximate surface area is 130 Å². The van der Waals surface area contributed by atoms with Crippen LogP contribution in [0.5, 0.6) is 11.5 Å². The molecule has 2 aromatic rings. The van der Waals surface area contributed by atoms with E-state index in [0.717, 1.165) is 0 Å². The molecule has 0 saturated carbocycles. The molecular formula is C14H13N5O4. The Morgan fingerprint density at radius 2 is 1.70 bits per heavy atom. The molecule has 23 heavy (non-hydrogen) atoms. The van der Waals surface area contributed by atoms with Crippen LogP contribution in [0.1, 0.15) is 20.8 Å². The van der Waals surface area contributed by atoms with Gasteiger partial charge in [0.05, 0.1) is 0 Å². The van der Waals surface area contributed by atoms with E-state index in [1.165, 1.54) is 18.5 Å². The summed E-state index contributed by atoms with van der Waals surface area (Å²) in [5.74, 6) is -0.157. The molecule has 0 bridgehead atoms. The maximum Gasteiger partial charge on any atom is 0.292 e. The first-order valence-corrected chi connectivity index (χ1v) is 6.72. The number of nitrogen functional groups attached to an aromatic ring is 1. The number of amides is 2. The third-order valence-corrected chi connectivity index (χ3v) is 3.04. The van der Waals surface area contributed by atoms with Crippen molar-refractivity contribution < 1.29 is 19.1 Å². The molecule has 1 aromatic carbocycles. The standard InChI is InChI=1S/C14H13N5O4/c15-12-11(16-3-4-17-12)14(21)19-18-13(20)8-1-2-9-10(7-8)23-6-5-22-9/h1-4,7H,5-6H2,(H2,15,17)(H,18,20)(H,19,21). The highest BCUT2D eigenvalue weighted by molar-refractivity contribution is 6.00. The highest BCUT2D eigenvalue weighted by Gasteiger charge is 2.16. The monoisotopic (exact) mass is 315 g/mol. The Hall–Kier alpha value is -3.36. The average molecular weight is 315 g/mol. The van der Waals surface area contributed by atoms with Gasteiger partial charge in [-0.15, -0.1) is 0 Å². The average Bonchev–Trinajstić information content (AvgIpc) is 2.59. The summed E-state index contributed by atoms with van der Waals surface area (Å²) in [5, 5.41) is 0. The number of nitrogens with one attached hydrogen (secondary N) is 2. The van der Waals surface area contributed by atoms with Gasteiger partial charge in [0.15, 0.2) is 23.0 Å². The summed E-state index contributed by atoms with van der Waals surface area (Å²) < 4.78 is 10.8. The largest absolute Gasteiger partial charge is 0.486 e. The van der Waals surface area contributed by atoms with Crippen molar-refractivity contribution in [1.82, 2.24) is 20.8 Å². The number of nitrogens with two attached hydrogens (primary N) is 1. The first kappa shape index (κ1) is 14.6. The van der Waals surface area contributed by atoms with Gasteiger partial charge in [-0.25, -0.2) is 9.97 Å². The van der Waals surface area contributed by atoms with Crippen molar-refractivity contribution in [1.29, 1.82) is 0 Å². The Balaban J connectivity index is 1.66. The second-order valence-electron chi connectivity index (χ2n) is 4.56. The number of ether oxygens (including phenoxy) is 2. The number of carbonyl (C=O) groups is 2. The molecule has 0 aliphatic carbocycles. The van der Waals surface area contributed by atoms with Crippen LogP contribution in [0.4, 0.5) is 5.82 Å². The molecule has 4 N–H and O–H groups in total. The molecule has 9 heteroatoms. The molecule has 0 spiro atoms. The number of benzene rings is 1. The fourth-order valence-electron chi connectivity index (χ4n) is 1.95. The van der Waals surface area contributed by atoms with Crippen LogP contribution in [0.2, 0.25) is 0 Å². The summed E-state index contributed by atoms with van der Waals surface area (Å²) >= 11 is 0. The minimum atomic E-state index is -0.665. The number of rotatable bonds is 2. The zero-order valence-corrected chi connectivity index (χ0v) is 11.9. The smallest absolute Gasteiger partial charge is 0.292 e. The lowest BCUT2D eigenvalue weighted by molar-refractivity contribution is 0.0843. The molecule has 2 heterocycles. The van der Waals surface area contributed by atoms with E-state index < -0.39 is 11.8 Å². The lowest BCUT2D eigenvalue weighted by Gasteiger charge is -2.18. The molecule has 1 aliphatic rings. The fourth-order valence-corrected chi connectivity index (χ4v) is 1.95. The second-order valence-corrected chi connectivity index (χ2v) is 4.56. The molecule has 0 saturated heterocycles. The SMILES string of the molecule is Nc1nccnc1C(=O)NNC(=O)c1ccc2c(c1)OCCO2. The predicted octanol–water partition coefficient (Wildman–Crippen LogP) is -0.0952. The third-order valence-electron chi connectivity index (χ3n) is 3.04. The zero-order valence-electron chi connectivity index (χ0n) is 11.9. The summed E-state index contributed by atoms with van der Waals surface area (Å²) in [4.78, 5) is 31.5. The van der Waals surface area contributed by atoms with E-state index in [-0.39, 0.29) is 11.5 Å². The number of hydrogen-bond acceptors (Lipinski definition) is 7. The topological polar surface area (TPSA) is 128 Å². The number of fused-ring (bicyclic) bond motifs is 1. The van der Waals surface area contributed by atoms with Crippen molar-refractivity contribution >= 4 is 17.6 Å². The van der Waals surface area contributed by atoms with Crippen molar-refractivity contribution in [3.8, 4) is 11.5 Å². The number of hydrogen-bond donors (Lipinski definition) is 3. The van der Waals surface area contributed by atoms with Gasteiger partial charge in [0.25, 0.3) is 11.8 Å². The minimum Gasteiger partial charge on any atom is -0.486 e. The third kappa shape index (κ3) is 3.12. The normalized spacial score (nSPS) is 12.3. The summed E-state index contributed by atoms with van der Waals surface area (Å²) in [6.07, 6.45) is 2.69. The molecule has 2 amide bonds. The predicted molar refractivity (Wildman–Crippen MR) is 78.8 cm³/mol. The van der Waals surface area contributed by atoms with E-state index in [9.17, 15) is 9.59 Å². The van der Waals surface area contributed by atoms with Crippen molar-refractivity contribution in [2.75, 3.05) is 18.9 Å². The second kappa shape index (κ2) is 6.18. The minimum absolute atomic E-state index is 0.0291. The Morgan fingerprint density at radius 3 is 2.48 bits per heavy atom. The number of anilines is 1. The van der Waals surface area contributed by atoms with Gasteiger partial charge >= 0.3 is 0 Å². The Morgan fingerprint density at radius 1 is 1.00 bits per heavy atom. The van der Waals surface area contributed by atoms with Gasteiger partial charge in [-0.2, -0.15) is 0 Å². The van der Waals surface area contributed by atoms with Crippen LogP contribution >= 0.6 is 0 Å². The Kier molecular flexibility index (Phi) is 3.91. The van der Waals surface area contributed by atoms with E-state index in [1.807, 2.05) is 0 Å². The van der Waals surface area contributed by atoms with Gasteiger partial charge < -0.3 is 15.2 Å². The van der Waals surface area contributed by atoms with E-state index in [4.69, 9.17) is 15.2 Å². The highest BCUT2D eigenvalue weighted by atomic mass is 16.6. The highest BCUT2D eigenvalue weighted by Crippen LogP contribution is 2.30. The number of carbonyl (C=O) groups excluding carboxylic acids is 2. The molecule has 0 atom stereocenters. The summed E-state index contributed by atoms with van der Waals surface area (Å²) in [6, 6.07) is 4.73.